The Labute approximate surface area is 166 Å². The Morgan fingerprint density at radius 3 is 2.69 bits per heavy atom. The zero-order valence-electron chi connectivity index (χ0n) is 15.8. The van der Waals surface area contributed by atoms with E-state index in [0.29, 0.717) is 28.9 Å². The summed E-state index contributed by atoms with van der Waals surface area (Å²) < 4.78 is 8.57. The standard InChI is InChI=1S/C21H19N5O3/c1-2-29-21(28)18-12-23-26-9-7-17(11-19(18)26)24-20(27)16-5-3-15(4-6-16)13-25-10-8-22-14-25/h3-12,14H,2,13H2,1H3,(H,24,27). The number of aromatic nitrogens is 4. The van der Waals surface area contributed by atoms with Crippen LogP contribution in [0.4, 0.5) is 5.69 Å². The number of esters is 1. The number of nitrogens with one attached hydrogen (secondary N) is 1. The molecule has 0 unspecified atom stereocenters. The number of ether oxygens (including phenoxy) is 1. The molecule has 146 valence electrons. The summed E-state index contributed by atoms with van der Waals surface area (Å²) in [7, 11) is 0. The van der Waals surface area contributed by atoms with Crippen LogP contribution in [0.3, 0.4) is 0 Å². The first-order valence-corrected chi connectivity index (χ1v) is 9.14. The van der Waals surface area contributed by atoms with Crippen molar-refractivity contribution in [2.75, 3.05) is 11.9 Å². The summed E-state index contributed by atoms with van der Waals surface area (Å²) in [5.74, 6) is -0.680. The van der Waals surface area contributed by atoms with Gasteiger partial charge in [-0.05, 0) is 36.8 Å². The maximum absolute atomic E-state index is 12.6. The van der Waals surface area contributed by atoms with Crippen LogP contribution in [-0.2, 0) is 11.3 Å². The summed E-state index contributed by atoms with van der Waals surface area (Å²) in [5, 5.41) is 6.99. The highest BCUT2D eigenvalue weighted by Crippen LogP contribution is 2.18. The van der Waals surface area contributed by atoms with Crippen LogP contribution < -0.4 is 5.32 Å². The molecule has 0 radical (unpaired) electrons. The first-order valence-electron chi connectivity index (χ1n) is 9.14. The van der Waals surface area contributed by atoms with Crippen molar-refractivity contribution in [1.82, 2.24) is 19.2 Å². The second-order valence-electron chi connectivity index (χ2n) is 6.41. The van der Waals surface area contributed by atoms with Crippen LogP contribution in [0.1, 0.15) is 33.2 Å². The summed E-state index contributed by atoms with van der Waals surface area (Å²) in [5.41, 5.74) is 3.09. The Hall–Kier alpha value is -3.94. The van der Waals surface area contributed by atoms with Crippen LogP contribution >= 0.6 is 0 Å². The minimum absolute atomic E-state index is 0.235. The number of imidazole rings is 1. The van der Waals surface area contributed by atoms with Gasteiger partial charge in [-0.1, -0.05) is 12.1 Å². The first-order chi connectivity index (χ1) is 14.1. The number of benzene rings is 1. The normalized spacial score (nSPS) is 10.8. The van der Waals surface area contributed by atoms with E-state index in [-0.39, 0.29) is 12.5 Å². The molecular weight excluding hydrogens is 370 g/mol. The van der Waals surface area contributed by atoms with E-state index < -0.39 is 5.97 Å². The lowest BCUT2D eigenvalue weighted by atomic mass is 10.1. The summed E-state index contributed by atoms with van der Waals surface area (Å²) in [6.07, 6.45) is 8.50. The number of rotatable bonds is 6. The molecule has 8 heteroatoms. The minimum atomic E-state index is -0.445. The Bertz CT molecular complexity index is 1150. The van der Waals surface area contributed by atoms with Gasteiger partial charge in [0.15, 0.2) is 0 Å². The predicted molar refractivity (Wildman–Crippen MR) is 107 cm³/mol. The lowest BCUT2D eigenvalue weighted by Crippen LogP contribution is -2.12. The van der Waals surface area contributed by atoms with Crippen molar-refractivity contribution < 1.29 is 14.3 Å². The van der Waals surface area contributed by atoms with Crippen LogP contribution in [-0.4, -0.2) is 37.6 Å². The molecular formula is C21H19N5O3. The van der Waals surface area contributed by atoms with Crippen LogP contribution in [0, 0.1) is 0 Å². The van der Waals surface area contributed by atoms with Gasteiger partial charge in [0.1, 0.15) is 5.56 Å². The summed E-state index contributed by atoms with van der Waals surface area (Å²) in [4.78, 5) is 28.7. The lowest BCUT2D eigenvalue weighted by Gasteiger charge is -2.08. The highest BCUT2D eigenvalue weighted by atomic mass is 16.5. The average Bonchev–Trinajstić information content (AvgIpc) is 3.38. The third-order valence-corrected chi connectivity index (χ3v) is 4.42. The molecule has 0 spiro atoms. The highest BCUT2D eigenvalue weighted by molar-refractivity contribution is 6.05. The molecule has 0 aliphatic rings. The smallest absolute Gasteiger partial charge is 0.341 e. The molecule has 1 N–H and O–H groups in total. The fourth-order valence-electron chi connectivity index (χ4n) is 2.98. The summed E-state index contributed by atoms with van der Waals surface area (Å²) in [6, 6.07) is 10.8. The van der Waals surface area contributed by atoms with E-state index in [0.717, 1.165) is 5.56 Å². The zero-order chi connectivity index (χ0) is 20.2. The molecule has 0 aliphatic carbocycles. The Kier molecular flexibility index (Phi) is 5.07. The van der Waals surface area contributed by atoms with Gasteiger partial charge in [0.05, 0.1) is 24.6 Å². The molecule has 3 heterocycles. The number of anilines is 1. The topological polar surface area (TPSA) is 90.5 Å². The first kappa shape index (κ1) is 18.4. The molecule has 1 aromatic carbocycles. The number of pyridine rings is 1. The van der Waals surface area contributed by atoms with Gasteiger partial charge in [-0.3, -0.25) is 4.79 Å². The van der Waals surface area contributed by atoms with Gasteiger partial charge in [-0.25, -0.2) is 14.3 Å². The van der Waals surface area contributed by atoms with Gasteiger partial charge in [0, 0.05) is 36.4 Å². The van der Waals surface area contributed by atoms with Crippen molar-refractivity contribution in [2.24, 2.45) is 0 Å². The van der Waals surface area contributed by atoms with Crippen molar-refractivity contribution in [3.05, 3.63) is 84.2 Å². The van der Waals surface area contributed by atoms with Crippen molar-refractivity contribution in [1.29, 1.82) is 0 Å². The molecule has 8 nitrogen and oxygen atoms in total. The molecule has 0 saturated heterocycles. The second kappa shape index (κ2) is 7.97. The fraction of sp³-hybridized carbons (Fsp3) is 0.143. The van der Waals surface area contributed by atoms with Gasteiger partial charge in [0.25, 0.3) is 5.91 Å². The highest BCUT2D eigenvalue weighted by Gasteiger charge is 2.15. The summed E-state index contributed by atoms with van der Waals surface area (Å²) >= 11 is 0. The molecule has 0 bridgehead atoms. The maximum atomic E-state index is 12.6. The van der Waals surface area contributed by atoms with Crippen molar-refractivity contribution >= 4 is 23.1 Å². The number of amides is 1. The average molecular weight is 389 g/mol. The molecule has 1 amide bonds. The second-order valence-corrected chi connectivity index (χ2v) is 6.41. The SMILES string of the molecule is CCOC(=O)c1cnn2ccc(NC(=O)c3ccc(Cn4ccnc4)cc3)cc12. The van der Waals surface area contributed by atoms with Gasteiger partial charge < -0.3 is 14.6 Å². The number of carbonyl (C=O) groups excluding carboxylic acids is 2. The number of hydrogen-bond donors (Lipinski definition) is 1. The molecule has 4 aromatic rings. The third-order valence-electron chi connectivity index (χ3n) is 4.42. The van der Waals surface area contributed by atoms with E-state index in [9.17, 15) is 9.59 Å². The molecule has 0 atom stereocenters. The molecule has 4 rings (SSSR count). The monoisotopic (exact) mass is 389 g/mol. The number of fused-ring (bicyclic) bond motifs is 1. The van der Waals surface area contributed by atoms with E-state index in [1.54, 1.807) is 54.4 Å². The number of hydrogen-bond acceptors (Lipinski definition) is 5. The van der Waals surface area contributed by atoms with E-state index in [1.807, 2.05) is 22.9 Å². The third kappa shape index (κ3) is 4.01. The predicted octanol–water partition coefficient (Wildman–Crippen LogP) is 3.01. The van der Waals surface area contributed by atoms with Crippen molar-refractivity contribution in [3.8, 4) is 0 Å². The van der Waals surface area contributed by atoms with Gasteiger partial charge >= 0.3 is 5.97 Å². The van der Waals surface area contributed by atoms with Crippen LogP contribution in [0.25, 0.3) is 5.52 Å². The molecule has 0 fully saturated rings. The summed E-state index contributed by atoms with van der Waals surface area (Å²) in [6.45, 7) is 2.72. The Morgan fingerprint density at radius 2 is 1.97 bits per heavy atom. The quantitative estimate of drug-likeness (QED) is 0.512. The Morgan fingerprint density at radius 1 is 1.14 bits per heavy atom. The number of nitrogens with zero attached hydrogens (tertiary/aromatic N) is 4. The molecule has 0 saturated carbocycles. The largest absolute Gasteiger partial charge is 0.462 e. The van der Waals surface area contributed by atoms with Crippen molar-refractivity contribution in [3.63, 3.8) is 0 Å². The van der Waals surface area contributed by atoms with Crippen LogP contribution in [0.2, 0.25) is 0 Å². The molecule has 0 aliphatic heterocycles. The Balaban J connectivity index is 1.49. The maximum Gasteiger partial charge on any atom is 0.341 e. The van der Waals surface area contributed by atoms with Crippen LogP contribution in [0.5, 0.6) is 0 Å². The van der Waals surface area contributed by atoms with E-state index in [4.69, 9.17) is 4.74 Å². The number of carbonyl (C=O) groups is 2. The molecule has 3 aromatic heterocycles. The molecule has 29 heavy (non-hydrogen) atoms. The van der Waals surface area contributed by atoms with Gasteiger partial charge in [0.2, 0.25) is 0 Å². The van der Waals surface area contributed by atoms with Gasteiger partial charge in [-0.2, -0.15) is 5.10 Å². The van der Waals surface area contributed by atoms with E-state index in [1.165, 1.54) is 6.20 Å². The zero-order valence-corrected chi connectivity index (χ0v) is 15.8. The fourth-order valence-corrected chi connectivity index (χ4v) is 2.98. The van der Waals surface area contributed by atoms with E-state index >= 15 is 0 Å². The van der Waals surface area contributed by atoms with Crippen molar-refractivity contribution in [2.45, 2.75) is 13.5 Å². The van der Waals surface area contributed by atoms with Crippen LogP contribution in [0.15, 0.2) is 67.5 Å². The van der Waals surface area contributed by atoms with E-state index in [2.05, 4.69) is 15.4 Å². The lowest BCUT2D eigenvalue weighted by molar-refractivity contribution is 0.0528. The minimum Gasteiger partial charge on any atom is -0.462 e. The van der Waals surface area contributed by atoms with Gasteiger partial charge in [-0.15, -0.1) is 0 Å².